The number of hydrogen-bond acceptors (Lipinski definition) is 4. The zero-order valence-corrected chi connectivity index (χ0v) is 20.2. The van der Waals surface area contributed by atoms with Crippen LogP contribution < -0.4 is 11.1 Å². The van der Waals surface area contributed by atoms with Gasteiger partial charge in [-0.05, 0) is 51.7 Å². The summed E-state index contributed by atoms with van der Waals surface area (Å²) in [5, 5.41) is 3.31. The van der Waals surface area contributed by atoms with Gasteiger partial charge in [-0.3, -0.25) is 9.98 Å². The Kier molecular flexibility index (Phi) is 11.3. The summed E-state index contributed by atoms with van der Waals surface area (Å²) in [4.78, 5) is 22.8. The van der Waals surface area contributed by atoms with Gasteiger partial charge in [-0.1, -0.05) is 25.3 Å². The number of aliphatic imine (C=N–C) groups is 1. The molecule has 1 aromatic heterocycles. The van der Waals surface area contributed by atoms with E-state index < -0.39 is 5.60 Å². The molecule has 1 fully saturated rings. The van der Waals surface area contributed by atoms with E-state index in [9.17, 15) is 4.79 Å². The smallest absolute Gasteiger partial charge is 0.410 e. The van der Waals surface area contributed by atoms with Crippen LogP contribution in [0.2, 0.25) is 0 Å². The lowest BCUT2D eigenvalue weighted by molar-refractivity contribution is 0.0232. The first-order valence-electron chi connectivity index (χ1n) is 10.3. The minimum absolute atomic E-state index is 0. The van der Waals surface area contributed by atoms with Gasteiger partial charge in [-0.25, -0.2) is 4.79 Å². The number of nitrogens with one attached hydrogen (secondary N) is 1. The summed E-state index contributed by atoms with van der Waals surface area (Å²) in [5.74, 6) is 0.503. The van der Waals surface area contributed by atoms with E-state index in [4.69, 9.17) is 10.5 Å². The van der Waals surface area contributed by atoms with Gasteiger partial charge < -0.3 is 20.7 Å². The van der Waals surface area contributed by atoms with Crippen molar-refractivity contribution in [1.29, 1.82) is 0 Å². The Balaban J connectivity index is 0.00000420. The second-order valence-corrected chi connectivity index (χ2v) is 8.36. The van der Waals surface area contributed by atoms with Gasteiger partial charge in [-0.2, -0.15) is 0 Å². The van der Waals surface area contributed by atoms with Crippen LogP contribution in [0.15, 0.2) is 29.5 Å². The summed E-state index contributed by atoms with van der Waals surface area (Å²) in [7, 11) is 0. The lowest BCUT2D eigenvalue weighted by atomic mass is 9.96. The van der Waals surface area contributed by atoms with Crippen LogP contribution in [-0.2, 0) is 11.3 Å². The van der Waals surface area contributed by atoms with Crippen molar-refractivity contribution in [3.05, 3.63) is 30.1 Å². The number of nitrogens with zero attached hydrogens (tertiary/aromatic N) is 3. The fourth-order valence-electron chi connectivity index (χ4n) is 3.24. The highest BCUT2D eigenvalue weighted by Gasteiger charge is 2.22. The van der Waals surface area contributed by atoms with Gasteiger partial charge in [0.25, 0.3) is 0 Å². The number of halogens is 1. The summed E-state index contributed by atoms with van der Waals surface area (Å²) >= 11 is 0. The molecule has 1 aromatic rings. The van der Waals surface area contributed by atoms with E-state index >= 15 is 0 Å². The van der Waals surface area contributed by atoms with Crippen molar-refractivity contribution in [2.75, 3.05) is 13.1 Å². The number of carbonyl (C=O) groups excluding carboxylic acids is 1. The standard InChI is InChI=1S/C21H35N5O2.HI/c1-21(2,3)28-20(27)26(16-17-9-7-12-23-15-17)14-8-13-24-19(22)25-18-10-5-4-6-11-18;/h7,9,12,15,18H,4-6,8,10-11,13-14,16H2,1-3H3,(H3,22,24,25);1H. The number of rotatable bonds is 7. The predicted octanol–water partition coefficient (Wildman–Crippen LogP) is 4.06. The van der Waals surface area contributed by atoms with Crippen molar-refractivity contribution >= 4 is 36.0 Å². The summed E-state index contributed by atoms with van der Waals surface area (Å²) in [5.41, 5.74) is 6.45. The molecule has 0 saturated heterocycles. The molecular weight excluding hydrogens is 481 g/mol. The van der Waals surface area contributed by atoms with Crippen molar-refractivity contribution in [2.45, 2.75) is 77.5 Å². The largest absolute Gasteiger partial charge is 0.444 e. The average Bonchev–Trinajstić information content (AvgIpc) is 2.64. The first kappa shape index (κ1) is 25.5. The molecule has 1 saturated carbocycles. The predicted molar refractivity (Wildman–Crippen MR) is 127 cm³/mol. The molecular formula is C21H36IN5O2. The van der Waals surface area contributed by atoms with E-state index in [2.05, 4.69) is 15.3 Å². The van der Waals surface area contributed by atoms with E-state index in [1.54, 1.807) is 17.3 Å². The molecule has 0 aromatic carbocycles. The average molecular weight is 517 g/mol. The number of aromatic nitrogens is 1. The first-order chi connectivity index (χ1) is 13.3. The Morgan fingerprint density at radius 3 is 2.69 bits per heavy atom. The number of ether oxygens (including phenoxy) is 1. The van der Waals surface area contributed by atoms with Crippen molar-refractivity contribution in [1.82, 2.24) is 15.2 Å². The van der Waals surface area contributed by atoms with Crippen molar-refractivity contribution in [2.24, 2.45) is 10.7 Å². The number of hydrogen-bond donors (Lipinski definition) is 2. The Morgan fingerprint density at radius 1 is 1.34 bits per heavy atom. The topological polar surface area (TPSA) is 92.8 Å². The minimum atomic E-state index is -0.531. The molecule has 1 aliphatic carbocycles. The van der Waals surface area contributed by atoms with E-state index in [0.717, 1.165) is 18.4 Å². The van der Waals surface area contributed by atoms with Gasteiger partial charge in [0.05, 0.1) is 6.54 Å². The molecule has 7 nitrogen and oxygen atoms in total. The van der Waals surface area contributed by atoms with Crippen LogP contribution in [-0.4, -0.2) is 46.7 Å². The monoisotopic (exact) mass is 517 g/mol. The van der Waals surface area contributed by atoms with Crippen LogP contribution in [0.4, 0.5) is 4.79 Å². The van der Waals surface area contributed by atoms with Crippen molar-refractivity contribution < 1.29 is 9.53 Å². The molecule has 0 aliphatic heterocycles. The molecule has 2 rings (SSSR count). The molecule has 8 heteroatoms. The van der Waals surface area contributed by atoms with Crippen molar-refractivity contribution in [3.63, 3.8) is 0 Å². The molecule has 0 unspecified atom stereocenters. The Morgan fingerprint density at radius 2 is 2.07 bits per heavy atom. The van der Waals surface area contributed by atoms with Gasteiger partial charge in [0.2, 0.25) is 0 Å². The van der Waals surface area contributed by atoms with Gasteiger partial charge in [0, 0.05) is 31.5 Å². The maximum absolute atomic E-state index is 12.6. The molecule has 0 spiro atoms. The van der Waals surface area contributed by atoms with Crippen LogP contribution in [0.25, 0.3) is 0 Å². The lowest BCUT2D eigenvalue weighted by Crippen LogP contribution is -2.41. The molecule has 3 N–H and O–H groups in total. The highest BCUT2D eigenvalue weighted by Crippen LogP contribution is 2.17. The zero-order valence-electron chi connectivity index (χ0n) is 17.9. The Bertz CT molecular complexity index is 628. The second-order valence-electron chi connectivity index (χ2n) is 8.36. The highest BCUT2D eigenvalue weighted by atomic mass is 127. The van der Waals surface area contributed by atoms with E-state index in [0.29, 0.717) is 38.1 Å². The number of amides is 1. The fourth-order valence-corrected chi connectivity index (χ4v) is 3.24. The van der Waals surface area contributed by atoms with Crippen LogP contribution >= 0.6 is 24.0 Å². The van der Waals surface area contributed by atoms with Gasteiger partial charge >= 0.3 is 6.09 Å². The van der Waals surface area contributed by atoms with Crippen LogP contribution in [0.1, 0.15) is 64.9 Å². The summed E-state index contributed by atoms with van der Waals surface area (Å²) in [6, 6.07) is 4.26. The molecule has 29 heavy (non-hydrogen) atoms. The maximum atomic E-state index is 12.6. The molecule has 0 atom stereocenters. The Labute approximate surface area is 191 Å². The molecule has 1 heterocycles. The van der Waals surface area contributed by atoms with Crippen molar-refractivity contribution in [3.8, 4) is 0 Å². The van der Waals surface area contributed by atoms with Gasteiger partial charge in [0.1, 0.15) is 5.60 Å². The third-order valence-corrected chi connectivity index (χ3v) is 4.57. The van der Waals surface area contributed by atoms with E-state index in [-0.39, 0.29) is 30.1 Å². The molecule has 0 bridgehead atoms. The maximum Gasteiger partial charge on any atom is 0.410 e. The van der Waals surface area contributed by atoms with Crippen LogP contribution in [0.3, 0.4) is 0 Å². The van der Waals surface area contributed by atoms with Gasteiger partial charge in [0.15, 0.2) is 5.96 Å². The summed E-state index contributed by atoms with van der Waals surface area (Å²) in [6.45, 7) is 7.18. The lowest BCUT2D eigenvalue weighted by Gasteiger charge is -2.27. The second kappa shape index (κ2) is 12.9. The van der Waals surface area contributed by atoms with E-state index in [1.165, 1.54) is 19.3 Å². The summed E-state index contributed by atoms with van der Waals surface area (Å²) in [6.07, 6.45) is 10.0. The number of guanidine groups is 1. The highest BCUT2D eigenvalue weighted by molar-refractivity contribution is 14.0. The first-order valence-corrected chi connectivity index (χ1v) is 10.3. The number of pyridine rings is 1. The quantitative estimate of drug-likeness (QED) is 0.246. The zero-order chi connectivity index (χ0) is 20.4. The summed E-state index contributed by atoms with van der Waals surface area (Å²) < 4.78 is 5.54. The molecule has 1 aliphatic rings. The molecule has 1 amide bonds. The fraction of sp³-hybridized carbons (Fsp3) is 0.667. The van der Waals surface area contributed by atoms with Gasteiger partial charge in [-0.15, -0.1) is 24.0 Å². The van der Waals surface area contributed by atoms with E-state index in [1.807, 2.05) is 32.9 Å². The molecule has 0 radical (unpaired) electrons. The molecule has 164 valence electrons. The SMILES string of the molecule is CC(C)(C)OC(=O)N(CCCN=C(N)NC1CCCCC1)Cc1cccnc1.I. The Hall–Kier alpha value is -1.58. The third-order valence-electron chi connectivity index (χ3n) is 4.57. The van der Waals surface area contributed by atoms with Crippen LogP contribution in [0.5, 0.6) is 0 Å². The number of carbonyl (C=O) groups is 1. The number of nitrogens with two attached hydrogens (primary N) is 1. The third kappa shape index (κ3) is 10.7. The minimum Gasteiger partial charge on any atom is -0.444 e. The normalized spacial score (nSPS) is 15.3. The van der Waals surface area contributed by atoms with Crippen LogP contribution in [0, 0.1) is 0 Å².